The van der Waals surface area contributed by atoms with Crippen LogP contribution in [0.2, 0.25) is 30.8 Å². The van der Waals surface area contributed by atoms with Gasteiger partial charge in [0.2, 0.25) is 0 Å². The van der Waals surface area contributed by atoms with E-state index in [1.54, 1.807) is 79.7 Å². The topological polar surface area (TPSA) is 423 Å². The van der Waals surface area contributed by atoms with Crippen LogP contribution in [0.5, 0.6) is 11.5 Å². The number of ether oxygens (including phenoxy) is 5. The molecule has 13 aromatic rings. The molecule has 3 aromatic carbocycles. The van der Waals surface area contributed by atoms with Crippen LogP contribution in [0.3, 0.4) is 0 Å². The van der Waals surface area contributed by atoms with Gasteiger partial charge in [0, 0.05) is 125 Å². The average molecular weight is 2170 g/mol. The molecule has 0 saturated heterocycles. The first-order chi connectivity index (χ1) is 69.2. The molecule has 0 unspecified atom stereocenters. The van der Waals surface area contributed by atoms with Crippen molar-refractivity contribution in [3.8, 4) is 33.8 Å². The third-order valence-corrected chi connectivity index (χ3v) is 20.9. The number of aliphatic hydroxyl groups is 1. The van der Waals surface area contributed by atoms with E-state index in [0.717, 1.165) is 112 Å². The number of carbonyl (C=O) groups is 4. The van der Waals surface area contributed by atoms with E-state index in [0.29, 0.717) is 118 Å². The van der Waals surface area contributed by atoms with Gasteiger partial charge < -0.3 is 80.5 Å². The van der Waals surface area contributed by atoms with Crippen molar-refractivity contribution >= 4 is 150 Å². The molecular formula is C107H138Cl6MnN18O14. The molecule has 0 aliphatic heterocycles. The Kier molecular flexibility index (Phi) is 61.7. The number of likely N-dealkylation sites (N-methyl/N-ethyl adjacent to an activating group) is 2. The van der Waals surface area contributed by atoms with Crippen molar-refractivity contribution < 1.29 is 70.5 Å². The number of aromatic nitrogens is 10. The molecule has 9 N–H and O–H groups in total. The van der Waals surface area contributed by atoms with Crippen LogP contribution in [0.25, 0.3) is 44.1 Å². The molecule has 0 saturated carbocycles. The minimum absolute atomic E-state index is 0. The third-order valence-electron chi connectivity index (χ3n) is 19.6. The number of nitrogens with one attached hydrogen (secondary N) is 4. The second kappa shape index (κ2) is 70.5. The summed E-state index contributed by atoms with van der Waals surface area (Å²) in [5.41, 5.74) is 20.5. The summed E-state index contributed by atoms with van der Waals surface area (Å²) in [7, 11) is 0. The normalized spacial score (nSPS) is 10.4. The number of nitrogen functional groups attached to an aromatic ring is 1. The predicted molar refractivity (Wildman–Crippen MR) is 587 cm³/mol. The van der Waals surface area contributed by atoms with E-state index in [1.807, 2.05) is 222 Å². The molecule has 10 heterocycles. The summed E-state index contributed by atoms with van der Waals surface area (Å²) in [4.78, 5) is 108. The zero-order valence-corrected chi connectivity index (χ0v) is 91.1. The van der Waals surface area contributed by atoms with Gasteiger partial charge in [-0.2, -0.15) is 0 Å². The van der Waals surface area contributed by atoms with E-state index in [2.05, 4.69) is 98.6 Å². The minimum atomic E-state index is -1.44. The van der Waals surface area contributed by atoms with Crippen LogP contribution in [-0.4, -0.2) is 185 Å². The molecule has 0 aliphatic carbocycles. The fraction of sp³-hybridized carbons (Fsp3) is 0.364. The van der Waals surface area contributed by atoms with Crippen molar-refractivity contribution in [2.75, 3.05) is 99.3 Å². The van der Waals surface area contributed by atoms with Crippen molar-refractivity contribution in [1.29, 1.82) is 0 Å². The Morgan fingerprint density at radius 3 is 1.28 bits per heavy atom. The van der Waals surface area contributed by atoms with Gasteiger partial charge in [0.25, 0.3) is 11.1 Å². The van der Waals surface area contributed by atoms with Crippen LogP contribution in [0, 0.1) is 0 Å². The number of hydrogen-bond donors (Lipinski definition) is 7. The molecule has 0 radical (unpaired) electrons. The van der Waals surface area contributed by atoms with Gasteiger partial charge in [-0.3, -0.25) is 19.2 Å². The van der Waals surface area contributed by atoms with Crippen molar-refractivity contribution in [2.24, 2.45) is 5.73 Å². The molecule has 39 heteroatoms. The summed E-state index contributed by atoms with van der Waals surface area (Å²) in [6.45, 7) is 46.1. The first-order valence-electron chi connectivity index (χ1n) is 47.1. The van der Waals surface area contributed by atoms with Crippen molar-refractivity contribution in [3.63, 3.8) is 0 Å². The molecule has 789 valence electrons. The number of aliphatic hydroxyl groups excluding tert-OH is 1. The molecule has 146 heavy (non-hydrogen) atoms. The Morgan fingerprint density at radius 1 is 0.459 bits per heavy atom. The fourth-order valence-corrected chi connectivity index (χ4v) is 14.0. The van der Waals surface area contributed by atoms with E-state index < -0.39 is 26.8 Å². The number of pyridine rings is 10. The van der Waals surface area contributed by atoms with Gasteiger partial charge in [0.05, 0.1) is 78.1 Å². The van der Waals surface area contributed by atoms with Gasteiger partial charge in [-0.1, -0.05) is 210 Å². The average Bonchev–Trinajstić information content (AvgIpc) is 0.768. The van der Waals surface area contributed by atoms with Crippen molar-refractivity contribution in [1.82, 2.24) is 58.8 Å². The van der Waals surface area contributed by atoms with Crippen LogP contribution in [0.15, 0.2) is 223 Å². The number of fused-ring (bicyclic) bond motifs is 2. The Morgan fingerprint density at radius 2 is 0.849 bits per heavy atom. The summed E-state index contributed by atoms with van der Waals surface area (Å²) in [5, 5.41) is 25.5. The summed E-state index contributed by atoms with van der Waals surface area (Å²) in [5.74, 6) is 2.27. The van der Waals surface area contributed by atoms with Gasteiger partial charge in [0.15, 0.2) is 6.29 Å². The number of aldehydes is 1. The monoisotopic (exact) mass is 2160 g/mol. The number of carbonyl (C=O) groups excluding carboxylic acids is 4. The molecule has 0 fully saturated rings. The molecule has 0 spiro atoms. The summed E-state index contributed by atoms with van der Waals surface area (Å²) >= 11 is 33.0. The van der Waals surface area contributed by atoms with E-state index in [1.165, 1.54) is 24.7 Å². The van der Waals surface area contributed by atoms with Gasteiger partial charge >= 0.3 is 40.4 Å². The predicted octanol–water partition coefficient (Wildman–Crippen LogP) is 23.4. The summed E-state index contributed by atoms with van der Waals surface area (Å²) in [6.07, 6.45) is 13.7. The number of rotatable bonds is 33. The van der Waals surface area contributed by atoms with Gasteiger partial charge in [-0.05, 0) is 206 Å². The number of benzene rings is 3. The first-order valence-corrected chi connectivity index (χ1v) is 50.3. The molecule has 10 aromatic heterocycles. The summed E-state index contributed by atoms with van der Waals surface area (Å²) in [6, 6.07) is 51.3. The summed E-state index contributed by atoms with van der Waals surface area (Å²) < 4.78 is 46.2. The molecule has 0 amide bonds. The maximum absolute atomic E-state index is 13.4. The molecule has 13 rings (SSSR count). The fourth-order valence-electron chi connectivity index (χ4n) is 13.0. The number of esters is 3. The zero-order valence-electron chi connectivity index (χ0n) is 85.4. The maximum atomic E-state index is 13.4. The van der Waals surface area contributed by atoms with E-state index >= 15 is 0 Å². The van der Waals surface area contributed by atoms with Crippen molar-refractivity contribution in [2.45, 2.75) is 188 Å². The third kappa shape index (κ3) is 47.0. The van der Waals surface area contributed by atoms with E-state index in [9.17, 15) is 28.8 Å². The molecular weight excluding hydrogens is 2030 g/mol. The quantitative estimate of drug-likeness (QED) is 0.00660. The molecule has 0 bridgehead atoms. The first kappa shape index (κ1) is 128. The van der Waals surface area contributed by atoms with Crippen LogP contribution >= 0.6 is 69.6 Å². The Labute approximate surface area is 892 Å². The van der Waals surface area contributed by atoms with Gasteiger partial charge in [-0.15, -0.1) is 0 Å². The zero-order chi connectivity index (χ0) is 108. The molecule has 0 aliphatic rings. The molecule has 0 atom stereocenters. The van der Waals surface area contributed by atoms with E-state index in [4.69, 9.17) is 118 Å². The van der Waals surface area contributed by atoms with E-state index in [-0.39, 0.29) is 71.0 Å². The Hall–Kier alpha value is -12.3. The second-order valence-electron chi connectivity index (χ2n) is 32.9. The van der Waals surface area contributed by atoms with Crippen LogP contribution in [0.1, 0.15) is 193 Å². The second-order valence-corrected chi connectivity index (χ2v) is 35.5. The van der Waals surface area contributed by atoms with Crippen molar-refractivity contribution in [3.05, 3.63) is 293 Å². The van der Waals surface area contributed by atoms with Gasteiger partial charge in [-0.25, -0.2) is 49.5 Å². The number of halogens is 6. The number of anilines is 6. The van der Waals surface area contributed by atoms with Crippen LogP contribution < -0.4 is 53.3 Å². The Bertz CT molecular complexity index is 6240. The Balaban J connectivity index is 0.000000437. The molecule has 32 nitrogen and oxygen atoms in total. The van der Waals surface area contributed by atoms with Gasteiger partial charge in [0.1, 0.15) is 73.5 Å². The van der Waals surface area contributed by atoms with Crippen LogP contribution in [0.4, 0.5) is 34.5 Å². The SMILES string of the molecule is C.CC(C)N.CC(C)Nc1cc(Cl)ncc1C=O.CC(C)Nc1cc(Cl)ncc1CO.CC(C)n1c(=O)c(-c2ccccc2)cc2cnc(Cl)cc21.CCN(CC)CCOc1ccc(N)nc1.CCN(CC)CCOc1ccc(Nc2cc3c(cn2)cc(-c2ccccc2)c(=O)n3C(C)C)nc1.CCOC(=O)Cc1ccccc1.CCOC(=O)c1cnc(Cl)cc1Cl.CCOC(=O)c1cnc(Cl)cc1NC(C)C.[O]=[Mn]=[O]. The standard InChI is InChI=1S/C28H33N5O2.C17H15ClN2O.C11H15ClN2O2.C11H19N3O.C10H12O2.C9H13ClN2O.C9H11ClN2O.C8H7Cl2NO2.C3H9N.CH4.Mn.2O/c1-5-32(6-2)14-15-35-23-12-13-26(30-19-23)31-27-17-25-22(18-29-27)16-24(21-10-8-7-9-11-21)28(34)33(25)20(3)4;1-11(2)20-15-9-16(18)19-10-13(15)8-14(17(20)21)12-6-4-3-5-7-12;1-4-16-11(15)8-6-13-10(12)5-9(8)14-7(2)3;1-3-14(4-2)7-8-15-10-5-6-11(12)13-9-10;1-2-12-10(11)8-9-6-4-3-5-7-9;2*1-6(2)12-8-3-9(10)11-4-7(8)5-13;1-2-13-8(12)5-4-11-7(10)3-6(5)9;1-3(2)4;;;;/h7-13,16-20H,5-6,14-15H2,1-4H3,(H,29,30,31);3-11H,1-2H3;5-7H,4H2,1-3H3,(H,13,14);5-6,9H,3-4,7-8H2,1-2H3,(H2,12,13);3-7H,2,8H2,1H3;3-4,6,13H,5H2,1-2H3,(H,11,12);3-6H,1-2H3,(H,11,12);3-4H,2H2,1H3;3H,4H2,1-2H3;1H4;;;. The van der Waals surface area contributed by atoms with Crippen LogP contribution in [-0.2, 0) is 54.5 Å². The number of hydrogen-bond acceptors (Lipinski definition) is 30. The number of nitrogens with two attached hydrogens (primary N) is 2. The number of nitrogens with zero attached hydrogens (tertiary/aromatic N) is 12.